The van der Waals surface area contributed by atoms with E-state index in [0.29, 0.717) is 18.8 Å². The predicted octanol–water partition coefficient (Wildman–Crippen LogP) is -0.131. The van der Waals surface area contributed by atoms with Crippen LogP contribution in [0.4, 0.5) is 0 Å². The molecule has 3 N–H and O–H groups in total. The normalized spacial score (nSPS) is 10.3. The summed E-state index contributed by atoms with van der Waals surface area (Å²) in [5, 5.41) is 17.7. The fourth-order valence-corrected chi connectivity index (χ4v) is 1.07. The summed E-state index contributed by atoms with van der Waals surface area (Å²) in [6.45, 7) is 2.62. The molecule has 0 aromatic carbocycles. The quantitative estimate of drug-likeness (QED) is 0.573. The van der Waals surface area contributed by atoms with Crippen LogP contribution in [0.3, 0.4) is 0 Å². The second kappa shape index (κ2) is 6.13. The molecule has 0 bridgehead atoms. The predicted molar refractivity (Wildman–Crippen MR) is 54.4 cm³/mol. The molecule has 0 unspecified atom stereocenters. The number of nitrogens with zero attached hydrogens (tertiary/aromatic N) is 2. The highest BCUT2D eigenvalue weighted by Gasteiger charge is 2.10. The van der Waals surface area contributed by atoms with Crippen LogP contribution in [-0.4, -0.2) is 39.3 Å². The number of unbranched alkanes of at least 4 members (excludes halogenated alkanes) is 1. The third kappa shape index (κ3) is 3.67. The van der Waals surface area contributed by atoms with Crippen molar-refractivity contribution in [1.29, 1.82) is 0 Å². The number of hydrogen-bond acceptors (Lipinski definition) is 4. The van der Waals surface area contributed by atoms with Crippen LogP contribution in [0.5, 0.6) is 0 Å². The monoisotopic (exact) mass is 212 g/mol. The average molecular weight is 212 g/mol. The van der Waals surface area contributed by atoms with Gasteiger partial charge in [0, 0.05) is 19.6 Å². The van der Waals surface area contributed by atoms with Crippen LogP contribution in [-0.2, 0) is 6.42 Å². The van der Waals surface area contributed by atoms with Crippen molar-refractivity contribution >= 4 is 5.91 Å². The highest BCUT2D eigenvalue weighted by molar-refractivity contribution is 5.90. The Balaban J connectivity index is 2.33. The fraction of sp³-hybridized carbons (Fsp3) is 0.667. The van der Waals surface area contributed by atoms with Gasteiger partial charge >= 0.3 is 0 Å². The number of carbonyl (C=O) groups excluding carboxylic acids is 1. The zero-order valence-electron chi connectivity index (χ0n) is 8.79. The summed E-state index contributed by atoms with van der Waals surface area (Å²) in [6, 6.07) is 0. The smallest absolute Gasteiger partial charge is 0.290 e. The van der Waals surface area contributed by atoms with Gasteiger partial charge in [0.25, 0.3) is 5.91 Å². The van der Waals surface area contributed by atoms with Crippen molar-refractivity contribution in [2.75, 3.05) is 13.2 Å². The van der Waals surface area contributed by atoms with Crippen LogP contribution in [0.1, 0.15) is 36.2 Å². The van der Waals surface area contributed by atoms with Gasteiger partial charge in [-0.25, -0.2) is 4.98 Å². The molecule has 1 amide bonds. The lowest BCUT2D eigenvalue weighted by Crippen LogP contribution is -2.25. The summed E-state index contributed by atoms with van der Waals surface area (Å²) < 4.78 is 0. The second-order valence-electron chi connectivity index (χ2n) is 3.15. The number of aliphatic hydroxyl groups is 1. The summed E-state index contributed by atoms with van der Waals surface area (Å²) >= 11 is 0. The molecule has 0 aliphatic heterocycles. The minimum Gasteiger partial charge on any atom is -0.396 e. The molecule has 0 aliphatic carbocycles. The summed E-state index contributed by atoms with van der Waals surface area (Å²) in [7, 11) is 0. The molecule has 0 saturated heterocycles. The van der Waals surface area contributed by atoms with Crippen molar-refractivity contribution in [2.45, 2.75) is 26.2 Å². The number of aliphatic hydroxyl groups excluding tert-OH is 1. The molecule has 1 aromatic heterocycles. The molecule has 1 rings (SSSR count). The highest BCUT2D eigenvalue weighted by atomic mass is 16.2. The number of rotatable bonds is 6. The molecule has 6 nitrogen and oxygen atoms in total. The van der Waals surface area contributed by atoms with E-state index in [9.17, 15) is 4.79 Å². The van der Waals surface area contributed by atoms with Gasteiger partial charge in [0.15, 0.2) is 0 Å². The molecule has 0 radical (unpaired) electrons. The number of aromatic amines is 1. The first-order valence-corrected chi connectivity index (χ1v) is 5.08. The Morgan fingerprint density at radius 1 is 1.53 bits per heavy atom. The van der Waals surface area contributed by atoms with Crippen LogP contribution in [0.15, 0.2) is 0 Å². The van der Waals surface area contributed by atoms with Crippen molar-refractivity contribution in [3.63, 3.8) is 0 Å². The lowest BCUT2D eigenvalue weighted by molar-refractivity contribution is 0.0942. The third-order valence-electron chi connectivity index (χ3n) is 1.94. The lowest BCUT2D eigenvalue weighted by atomic mass is 10.3. The number of H-pyrrole nitrogens is 1. The molecule has 0 saturated carbocycles. The van der Waals surface area contributed by atoms with Gasteiger partial charge in [-0.15, -0.1) is 5.10 Å². The van der Waals surface area contributed by atoms with Gasteiger partial charge < -0.3 is 10.4 Å². The molecule has 0 atom stereocenters. The number of nitrogens with one attached hydrogen (secondary N) is 2. The molecule has 6 heteroatoms. The van der Waals surface area contributed by atoms with Crippen LogP contribution >= 0.6 is 0 Å². The Kier molecular flexibility index (Phi) is 4.76. The standard InChI is InChI=1S/C9H16N4O2/c1-2-7-11-8(13-12-7)9(15)10-5-3-4-6-14/h14H,2-6H2,1H3,(H,10,15)(H,11,12,13). The zero-order valence-corrected chi connectivity index (χ0v) is 8.79. The van der Waals surface area contributed by atoms with Crippen LogP contribution < -0.4 is 5.32 Å². The first kappa shape index (κ1) is 11.6. The lowest BCUT2D eigenvalue weighted by Gasteiger charge is -2.00. The highest BCUT2D eigenvalue weighted by Crippen LogP contribution is 1.93. The Bertz CT molecular complexity index is 311. The van der Waals surface area contributed by atoms with Gasteiger partial charge in [0.1, 0.15) is 5.82 Å². The molecular formula is C9H16N4O2. The maximum Gasteiger partial charge on any atom is 0.290 e. The average Bonchev–Trinajstić information content (AvgIpc) is 2.72. The van der Waals surface area contributed by atoms with Crippen molar-refractivity contribution in [3.05, 3.63) is 11.6 Å². The molecule has 0 spiro atoms. The van der Waals surface area contributed by atoms with Gasteiger partial charge in [0.2, 0.25) is 5.82 Å². The van der Waals surface area contributed by atoms with Gasteiger partial charge in [-0.2, -0.15) is 0 Å². The van der Waals surface area contributed by atoms with Crippen molar-refractivity contribution in [1.82, 2.24) is 20.5 Å². The first-order valence-electron chi connectivity index (χ1n) is 5.08. The molecule has 0 aliphatic rings. The topological polar surface area (TPSA) is 90.9 Å². The maximum atomic E-state index is 11.4. The van der Waals surface area contributed by atoms with Gasteiger partial charge in [-0.05, 0) is 12.8 Å². The van der Waals surface area contributed by atoms with E-state index in [1.165, 1.54) is 0 Å². The van der Waals surface area contributed by atoms with E-state index < -0.39 is 0 Å². The summed E-state index contributed by atoms with van der Waals surface area (Å²) in [5.41, 5.74) is 0. The number of aromatic nitrogens is 3. The van der Waals surface area contributed by atoms with Crippen molar-refractivity contribution < 1.29 is 9.90 Å². The maximum absolute atomic E-state index is 11.4. The van der Waals surface area contributed by atoms with E-state index >= 15 is 0 Å². The first-order chi connectivity index (χ1) is 7.27. The Morgan fingerprint density at radius 3 is 2.93 bits per heavy atom. The fourth-order valence-electron chi connectivity index (χ4n) is 1.07. The van der Waals surface area contributed by atoms with Gasteiger partial charge in [-0.1, -0.05) is 6.92 Å². The SMILES string of the molecule is CCc1nc(C(=O)NCCCCO)n[nH]1. The summed E-state index contributed by atoms with van der Waals surface area (Å²) in [6.07, 6.45) is 2.17. The summed E-state index contributed by atoms with van der Waals surface area (Å²) in [4.78, 5) is 15.4. The molecule has 84 valence electrons. The Labute approximate surface area is 88.1 Å². The summed E-state index contributed by atoms with van der Waals surface area (Å²) in [5.74, 6) is 0.607. The van der Waals surface area contributed by atoms with E-state index in [1.54, 1.807) is 0 Å². The Morgan fingerprint density at radius 2 is 2.33 bits per heavy atom. The van der Waals surface area contributed by atoms with Gasteiger partial charge in [0.05, 0.1) is 0 Å². The number of amides is 1. The number of carbonyl (C=O) groups is 1. The van der Waals surface area contributed by atoms with Crippen LogP contribution in [0, 0.1) is 0 Å². The van der Waals surface area contributed by atoms with Crippen molar-refractivity contribution in [3.8, 4) is 0 Å². The zero-order chi connectivity index (χ0) is 11.1. The van der Waals surface area contributed by atoms with Gasteiger partial charge in [-0.3, -0.25) is 9.89 Å². The second-order valence-corrected chi connectivity index (χ2v) is 3.15. The molecule has 1 heterocycles. The Hall–Kier alpha value is -1.43. The van der Waals surface area contributed by atoms with Crippen molar-refractivity contribution in [2.24, 2.45) is 0 Å². The third-order valence-corrected chi connectivity index (χ3v) is 1.94. The molecule has 0 fully saturated rings. The largest absolute Gasteiger partial charge is 0.396 e. The minimum atomic E-state index is -0.274. The minimum absolute atomic E-state index is 0.149. The molecule has 1 aromatic rings. The van der Waals surface area contributed by atoms with E-state index in [-0.39, 0.29) is 18.3 Å². The van der Waals surface area contributed by atoms with E-state index in [0.717, 1.165) is 12.8 Å². The number of aryl methyl sites for hydroxylation is 1. The van der Waals surface area contributed by atoms with E-state index in [1.807, 2.05) is 6.92 Å². The van der Waals surface area contributed by atoms with E-state index in [4.69, 9.17) is 5.11 Å². The van der Waals surface area contributed by atoms with Crippen LogP contribution in [0.25, 0.3) is 0 Å². The van der Waals surface area contributed by atoms with Crippen LogP contribution in [0.2, 0.25) is 0 Å². The molecular weight excluding hydrogens is 196 g/mol. The molecule has 15 heavy (non-hydrogen) atoms. The number of hydrogen-bond donors (Lipinski definition) is 3. The van der Waals surface area contributed by atoms with E-state index in [2.05, 4.69) is 20.5 Å².